The van der Waals surface area contributed by atoms with Crippen molar-refractivity contribution in [3.8, 4) is 0 Å². The van der Waals surface area contributed by atoms with Gasteiger partial charge in [-0.25, -0.2) is 0 Å². The standard InChI is InChI=1S/C6H6N4O/c11-4-6-9-8-5-3-7-1-2-10(5)6/h1-3,11H,4H2. The lowest BCUT2D eigenvalue weighted by atomic mass is 10.6. The van der Waals surface area contributed by atoms with E-state index in [9.17, 15) is 0 Å². The van der Waals surface area contributed by atoms with E-state index in [1.807, 2.05) is 0 Å². The molecule has 2 aromatic heterocycles. The van der Waals surface area contributed by atoms with Crippen molar-refractivity contribution in [3.63, 3.8) is 0 Å². The first-order valence-corrected chi connectivity index (χ1v) is 3.16. The van der Waals surface area contributed by atoms with Crippen molar-refractivity contribution in [2.75, 3.05) is 0 Å². The van der Waals surface area contributed by atoms with Crippen molar-refractivity contribution >= 4 is 5.65 Å². The van der Waals surface area contributed by atoms with E-state index in [0.717, 1.165) is 0 Å². The van der Waals surface area contributed by atoms with Crippen LogP contribution in [0.4, 0.5) is 0 Å². The fourth-order valence-corrected chi connectivity index (χ4v) is 0.911. The highest BCUT2D eigenvalue weighted by Gasteiger charge is 2.00. The van der Waals surface area contributed by atoms with Gasteiger partial charge in [0.05, 0.1) is 6.20 Å². The zero-order chi connectivity index (χ0) is 7.68. The third-order valence-corrected chi connectivity index (χ3v) is 1.43. The van der Waals surface area contributed by atoms with Crippen LogP contribution in [0.1, 0.15) is 5.82 Å². The molecule has 2 rings (SSSR count). The summed E-state index contributed by atoms with van der Waals surface area (Å²) in [5.41, 5.74) is 0.650. The maximum absolute atomic E-state index is 8.78. The van der Waals surface area contributed by atoms with Crippen LogP contribution in [0.3, 0.4) is 0 Å². The first-order valence-electron chi connectivity index (χ1n) is 3.16. The van der Waals surface area contributed by atoms with E-state index in [-0.39, 0.29) is 6.61 Å². The van der Waals surface area contributed by atoms with Crippen LogP contribution in [0, 0.1) is 0 Å². The van der Waals surface area contributed by atoms with Gasteiger partial charge in [0, 0.05) is 12.4 Å². The van der Waals surface area contributed by atoms with Gasteiger partial charge in [0.25, 0.3) is 0 Å². The summed E-state index contributed by atoms with van der Waals surface area (Å²) in [6, 6.07) is 0. The Bertz CT molecular complexity index is 369. The second-order valence-electron chi connectivity index (χ2n) is 2.08. The van der Waals surface area contributed by atoms with E-state index >= 15 is 0 Å². The smallest absolute Gasteiger partial charge is 0.179 e. The van der Waals surface area contributed by atoms with Crippen molar-refractivity contribution in [2.24, 2.45) is 0 Å². The minimum atomic E-state index is -0.106. The maximum Gasteiger partial charge on any atom is 0.179 e. The summed E-state index contributed by atoms with van der Waals surface area (Å²) in [5, 5.41) is 16.3. The van der Waals surface area contributed by atoms with Gasteiger partial charge in [-0.05, 0) is 0 Å². The molecule has 5 heteroatoms. The largest absolute Gasteiger partial charge is 0.388 e. The summed E-state index contributed by atoms with van der Waals surface area (Å²) in [6.45, 7) is -0.106. The third kappa shape index (κ3) is 0.857. The van der Waals surface area contributed by atoms with Gasteiger partial charge in [-0.2, -0.15) is 0 Å². The molecule has 2 heterocycles. The zero-order valence-electron chi connectivity index (χ0n) is 5.68. The van der Waals surface area contributed by atoms with Crippen LogP contribution in [-0.2, 0) is 6.61 Å². The zero-order valence-corrected chi connectivity index (χ0v) is 5.68. The Morgan fingerprint density at radius 2 is 2.36 bits per heavy atom. The van der Waals surface area contributed by atoms with E-state index in [1.165, 1.54) is 0 Å². The van der Waals surface area contributed by atoms with E-state index in [2.05, 4.69) is 15.2 Å². The molecule has 0 saturated heterocycles. The number of nitrogens with zero attached hydrogens (tertiary/aromatic N) is 4. The van der Waals surface area contributed by atoms with Gasteiger partial charge in [0.2, 0.25) is 0 Å². The van der Waals surface area contributed by atoms with Crippen LogP contribution in [-0.4, -0.2) is 24.7 Å². The quantitative estimate of drug-likeness (QED) is 0.601. The molecular formula is C6H6N4O. The molecule has 0 aliphatic carbocycles. The Morgan fingerprint density at radius 3 is 3.18 bits per heavy atom. The molecule has 0 radical (unpaired) electrons. The van der Waals surface area contributed by atoms with E-state index < -0.39 is 0 Å². The van der Waals surface area contributed by atoms with Gasteiger partial charge in [-0.1, -0.05) is 0 Å². The number of rotatable bonds is 1. The normalized spacial score (nSPS) is 10.6. The molecule has 0 atom stereocenters. The summed E-state index contributed by atoms with van der Waals surface area (Å²) in [7, 11) is 0. The summed E-state index contributed by atoms with van der Waals surface area (Å²) in [6.07, 6.45) is 4.92. The predicted octanol–water partition coefficient (Wildman–Crippen LogP) is -0.383. The van der Waals surface area contributed by atoms with Crippen LogP contribution >= 0.6 is 0 Å². The highest BCUT2D eigenvalue weighted by molar-refractivity contribution is 5.33. The summed E-state index contributed by atoms with van der Waals surface area (Å²) in [4.78, 5) is 3.86. The molecule has 0 fully saturated rings. The SMILES string of the molecule is OCc1nnc2cnccn12. The van der Waals surface area contributed by atoms with Crippen molar-refractivity contribution in [1.29, 1.82) is 0 Å². The third-order valence-electron chi connectivity index (χ3n) is 1.43. The molecule has 0 amide bonds. The van der Waals surface area contributed by atoms with Crippen LogP contribution < -0.4 is 0 Å². The van der Waals surface area contributed by atoms with Crippen molar-refractivity contribution in [3.05, 3.63) is 24.4 Å². The predicted molar refractivity (Wildman–Crippen MR) is 36.7 cm³/mol. The summed E-state index contributed by atoms with van der Waals surface area (Å²) < 4.78 is 1.69. The van der Waals surface area contributed by atoms with E-state index in [4.69, 9.17) is 5.11 Å². The number of hydrogen-bond acceptors (Lipinski definition) is 4. The highest BCUT2D eigenvalue weighted by atomic mass is 16.3. The van der Waals surface area contributed by atoms with Crippen LogP contribution in [0.15, 0.2) is 18.6 Å². The molecule has 0 unspecified atom stereocenters. The minimum absolute atomic E-state index is 0.106. The average Bonchev–Trinajstić information content (AvgIpc) is 2.47. The van der Waals surface area contributed by atoms with Crippen LogP contribution in [0.2, 0.25) is 0 Å². The van der Waals surface area contributed by atoms with Crippen LogP contribution in [0.5, 0.6) is 0 Å². The highest BCUT2D eigenvalue weighted by Crippen LogP contribution is 1.99. The molecular weight excluding hydrogens is 144 g/mol. The second-order valence-corrected chi connectivity index (χ2v) is 2.08. The van der Waals surface area contributed by atoms with E-state index in [0.29, 0.717) is 11.5 Å². The lowest BCUT2D eigenvalue weighted by Gasteiger charge is -1.91. The lowest BCUT2D eigenvalue weighted by Crippen LogP contribution is -1.93. The number of aromatic nitrogens is 4. The summed E-state index contributed by atoms with van der Waals surface area (Å²) >= 11 is 0. The van der Waals surface area contributed by atoms with Crippen LogP contribution in [0.25, 0.3) is 5.65 Å². The number of fused-ring (bicyclic) bond motifs is 1. The molecule has 0 bridgehead atoms. The molecule has 0 saturated carbocycles. The number of hydrogen-bond donors (Lipinski definition) is 1. The molecule has 0 aliphatic rings. The van der Waals surface area contributed by atoms with Gasteiger partial charge in [-0.15, -0.1) is 10.2 Å². The lowest BCUT2D eigenvalue weighted by molar-refractivity contribution is 0.270. The van der Waals surface area contributed by atoms with Crippen molar-refractivity contribution in [2.45, 2.75) is 6.61 Å². The first-order chi connectivity index (χ1) is 5.42. The molecule has 1 N–H and O–H groups in total. The van der Waals surface area contributed by atoms with Gasteiger partial charge in [0.1, 0.15) is 6.61 Å². The molecule has 5 nitrogen and oxygen atoms in total. The molecule has 56 valence electrons. The van der Waals surface area contributed by atoms with Gasteiger partial charge in [0.15, 0.2) is 11.5 Å². The maximum atomic E-state index is 8.78. The molecule has 0 spiro atoms. The molecule has 0 aliphatic heterocycles. The number of aliphatic hydroxyl groups is 1. The summed E-state index contributed by atoms with van der Waals surface area (Å²) in [5.74, 6) is 0.530. The Kier molecular flexibility index (Phi) is 1.29. The Labute approximate surface area is 62.3 Å². The molecule has 11 heavy (non-hydrogen) atoms. The van der Waals surface area contributed by atoms with E-state index in [1.54, 1.807) is 23.0 Å². The van der Waals surface area contributed by atoms with Gasteiger partial charge < -0.3 is 5.11 Å². The van der Waals surface area contributed by atoms with Gasteiger partial charge >= 0.3 is 0 Å². The van der Waals surface area contributed by atoms with Gasteiger partial charge in [-0.3, -0.25) is 9.38 Å². The topological polar surface area (TPSA) is 63.3 Å². The Balaban J connectivity index is 2.76. The average molecular weight is 150 g/mol. The first kappa shape index (κ1) is 6.23. The fraction of sp³-hybridized carbons (Fsp3) is 0.167. The monoisotopic (exact) mass is 150 g/mol. The molecule has 0 aromatic carbocycles. The minimum Gasteiger partial charge on any atom is -0.388 e. The Hall–Kier alpha value is -1.49. The number of aliphatic hydroxyl groups excluding tert-OH is 1. The Morgan fingerprint density at radius 1 is 1.45 bits per heavy atom. The van der Waals surface area contributed by atoms with Crippen molar-refractivity contribution < 1.29 is 5.11 Å². The second kappa shape index (κ2) is 2.28. The van der Waals surface area contributed by atoms with Crippen molar-refractivity contribution in [1.82, 2.24) is 19.6 Å². The fourth-order valence-electron chi connectivity index (χ4n) is 0.911. The molecule has 2 aromatic rings.